The second-order valence-electron chi connectivity index (χ2n) is 8.35. The molecule has 0 unspecified atom stereocenters. The van der Waals surface area contributed by atoms with Gasteiger partial charge in [-0.3, -0.25) is 14.7 Å². The predicted octanol–water partition coefficient (Wildman–Crippen LogP) is 4.17. The number of nitrogens with zero attached hydrogens (tertiary/aromatic N) is 3. The van der Waals surface area contributed by atoms with Crippen molar-refractivity contribution in [3.63, 3.8) is 0 Å². The molecule has 170 valence electrons. The van der Waals surface area contributed by atoms with Crippen LogP contribution in [0.1, 0.15) is 22.0 Å². The maximum absolute atomic E-state index is 13.3. The van der Waals surface area contributed by atoms with Crippen LogP contribution in [0.4, 0.5) is 0 Å². The highest BCUT2D eigenvalue weighted by Crippen LogP contribution is 2.45. The van der Waals surface area contributed by atoms with E-state index in [9.17, 15) is 9.90 Å². The fraction of sp³-hybridized carbons (Fsp3) is 0.333. The molecular formula is C24H27Cl2N3O3. The Kier molecular flexibility index (Phi) is 7.18. The van der Waals surface area contributed by atoms with E-state index in [1.54, 1.807) is 31.6 Å². The number of aromatic hydroxyl groups is 1. The SMILES string of the molecule is COc1ccc([C@H]2[C@@H]3CN(C(=O)c4ccc5cnccc5c4O)C[C@@H]3CN2C)cc1.Cl.Cl. The van der Waals surface area contributed by atoms with Crippen molar-refractivity contribution in [3.05, 3.63) is 66.0 Å². The number of hydrogen-bond acceptors (Lipinski definition) is 5. The number of benzene rings is 2. The van der Waals surface area contributed by atoms with E-state index in [1.165, 1.54) is 5.56 Å². The highest BCUT2D eigenvalue weighted by Gasteiger charge is 2.47. The van der Waals surface area contributed by atoms with Crippen molar-refractivity contribution < 1.29 is 14.6 Å². The maximum Gasteiger partial charge on any atom is 0.257 e. The minimum absolute atomic E-state index is 0. The summed E-state index contributed by atoms with van der Waals surface area (Å²) in [6.45, 7) is 2.37. The van der Waals surface area contributed by atoms with E-state index in [0.29, 0.717) is 35.9 Å². The summed E-state index contributed by atoms with van der Waals surface area (Å²) in [6, 6.07) is 13.8. The summed E-state index contributed by atoms with van der Waals surface area (Å²) in [5.41, 5.74) is 1.61. The number of likely N-dealkylation sites (tertiary alicyclic amines) is 2. The zero-order valence-corrected chi connectivity index (χ0v) is 19.6. The number of phenols is 1. The van der Waals surface area contributed by atoms with Gasteiger partial charge in [-0.25, -0.2) is 0 Å². The molecule has 0 radical (unpaired) electrons. The van der Waals surface area contributed by atoms with Crippen LogP contribution >= 0.6 is 24.8 Å². The van der Waals surface area contributed by atoms with Crippen molar-refractivity contribution in [1.82, 2.24) is 14.8 Å². The number of phenolic OH excluding ortho intramolecular Hbond substituents is 1. The van der Waals surface area contributed by atoms with Crippen LogP contribution in [0.5, 0.6) is 11.5 Å². The van der Waals surface area contributed by atoms with Gasteiger partial charge in [0.05, 0.1) is 12.7 Å². The molecule has 1 amide bonds. The van der Waals surface area contributed by atoms with Crippen molar-refractivity contribution in [2.24, 2.45) is 11.8 Å². The number of amides is 1. The lowest BCUT2D eigenvalue weighted by Crippen LogP contribution is -2.33. The van der Waals surface area contributed by atoms with Gasteiger partial charge in [0.1, 0.15) is 11.5 Å². The summed E-state index contributed by atoms with van der Waals surface area (Å²) >= 11 is 0. The van der Waals surface area contributed by atoms with E-state index in [-0.39, 0.29) is 42.5 Å². The lowest BCUT2D eigenvalue weighted by molar-refractivity contribution is 0.0765. The third kappa shape index (κ3) is 3.98. The molecular weight excluding hydrogens is 449 g/mol. The molecule has 6 nitrogen and oxygen atoms in total. The Morgan fingerprint density at radius 2 is 1.81 bits per heavy atom. The number of hydrogen-bond donors (Lipinski definition) is 1. The fourth-order valence-corrected chi connectivity index (χ4v) is 5.22. The largest absolute Gasteiger partial charge is 0.506 e. The smallest absolute Gasteiger partial charge is 0.257 e. The molecule has 2 aliphatic rings. The summed E-state index contributed by atoms with van der Waals surface area (Å²) in [5.74, 6) is 1.59. The third-order valence-corrected chi connectivity index (χ3v) is 6.66. The summed E-state index contributed by atoms with van der Waals surface area (Å²) in [5, 5.41) is 12.2. The molecule has 2 fully saturated rings. The first-order valence-corrected chi connectivity index (χ1v) is 10.3. The molecule has 2 aromatic carbocycles. The van der Waals surface area contributed by atoms with Crippen LogP contribution in [0.15, 0.2) is 54.9 Å². The Balaban J connectivity index is 0.00000144. The molecule has 3 atom stereocenters. The zero-order chi connectivity index (χ0) is 20.8. The average Bonchev–Trinajstić information content (AvgIpc) is 3.30. The second-order valence-corrected chi connectivity index (χ2v) is 8.35. The predicted molar refractivity (Wildman–Crippen MR) is 129 cm³/mol. The molecule has 0 saturated carbocycles. The van der Waals surface area contributed by atoms with Crippen LogP contribution in [-0.4, -0.2) is 59.6 Å². The number of fused-ring (bicyclic) bond motifs is 2. The monoisotopic (exact) mass is 475 g/mol. The molecule has 2 aliphatic heterocycles. The number of pyridine rings is 1. The maximum atomic E-state index is 13.3. The van der Waals surface area contributed by atoms with E-state index in [2.05, 4.69) is 29.1 Å². The van der Waals surface area contributed by atoms with E-state index in [0.717, 1.165) is 17.7 Å². The number of carbonyl (C=O) groups is 1. The molecule has 5 rings (SSSR count). The Morgan fingerprint density at radius 1 is 1.06 bits per heavy atom. The van der Waals surface area contributed by atoms with Gasteiger partial charge < -0.3 is 14.7 Å². The first kappa shape index (κ1) is 24.1. The Labute approximate surface area is 200 Å². The van der Waals surface area contributed by atoms with Gasteiger partial charge in [-0.15, -0.1) is 24.8 Å². The van der Waals surface area contributed by atoms with Gasteiger partial charge in [-0.05, 0) is 42.8 Å². The number of halogens is 2. The van der Waals surface area contributed by atoms with Crippen molar-refractivity contribution >= 4 is 41.5 Å². The molecule has 0 bridgehead atoms. The molecule has 0 aliphatic carbocycles. The average molecular weight is 476 g/mol. The fourth-order valence-electron chi connectivity index (χ4n) is 5.22. The minimum atomic E-state index is -0.100. The van der Waals surface area contributed by atoms with Gasteiger partial charge in [0.15, 0.2) is 0 Å². The van der Waals surface area contributed by atoms with Gasteiger partial charge in [0, 0.05) is 54.8 Å². The molecule has 1 N–H and O–H groups in total. The molecule has 3 heterocycles. The van der Waals surface area contributed by atoms with Crippen molar-refractivity contribution in [2.45, 2.75) is 6.04 Å². The number of methoxy groups -OCH3 is 1. The topological polar surface area (TPSA) is 65.9 Å². The van der Waals surface area contributed by atoms with Crippen molar-refractivity contribution in [1.29, 1.82) is 0 Å². The van der Waals surface area contributed by atoms with Gasteiger partial charge in [-0.1, -0.05) is 18.2 Å². The van der Waals surface area contributed by atoms with E-state index < -0.39 is 0 Å². The Morgan fingerprint density at radius 3 is 2.53 bits per heavy atom. The van der Waals surface area contributed by atoms with E-state index in [4.69, 9.17) is 4.74 Å². The van der Waals surface area contributed by atoms with Gasteiger partial charge in [-0.2, -0.15) is 0 Å². The van der Waals surface area contributed by atoms with Crippen LogP contribution in [-0.2, 0) is 0 Å². The van der Waals surface area contributed by atoms with Crippen molar-refractivity contribution in [3.8, 4) is 11.5 Å². The van der Waals surface area contributed by atoms with E-state index in [1.807, 2.05) is 23.1 Å². The standard InChI is InChI=1S/C24H25N3O3.2ClH/c1-26-12-17-13-27(14-21(17)22(26)15-3-6-18(30-2)7-4-15)24(29)20-8-5-16-11-25-10-9-19(16)23(20)28;;/h3-11,17,21-22,28H,12-14H2,1-2H3;2*1H/t17-,21+,22-;;/m0../s1. The zero-order valence-electron chi connectivity index (χ0n) is 18.0. The number of ether oxygens (including phenoxy) is 1. The lowest BCUT2D eigenvalue weighted by Gasteiger charge is -2.27. The minimum Gasteiger partial charge on any atom is -0.506 e. The van der Waals surface area contributed by atoms with Crippen molar-refractivity contribution in [2.75, 3.05) is 33.8 Å². The summed E-state index contributed by atoms with van der Waals surface area (Å²) in [4.78, 5) is 21.6. The Bertz CT molecular complexity index is 1110. The summed E-state index contributed by atoms with van der Waals surface area (Å²) < 4.78 is 5.29. The number of rotatable bonds is 3. The van der Waals surface area contributed by atoms with Crippen LogP contribution in [0.25, 0.3) is 10.8 Å². The second kappa shape index (κ2) is 9.53. The third-order valence-electron chi connectivity index (χ3n) is 6.66. The number of aromatic nitrogens is 1. The molecule has 3 aromatic rings. The van der Waals surface area contributed by atoms with Gasteiger partial charge in [0.2, 0.25) is 0 Å². The highest BCUT2D eigenvalue weighted by atomic mass is 35.5. The Hall–Kier alpha value is -2.54. The number of carbonyl (C=O) groups excluding carboxylic acids is 1. The molecule has 0 spiro atoms. The normalized spacial score (nSPS) is 22.2. The lowest BCUT2D eigenvalue weighted by atomic mass is 9.89. The van der Waals surface area contributed by atoms with Crippen LogP contribution in [0.3, 0.4) is 0 Å². The summed E-state index contributed by atoms with van der Waals surface area (Å²) in [7, 11) is 3.83. The molecule has 8 heteroatoms. The van der Waals surface area contributed by atoms with Crippen LogP contribution < -0.4 is 4.74 Å². The van der Waals surface area contributed by atoms with Crippen LogP contribution in [0.2, 0.25) is 0 Å². The summed E-state index contributed by atoms with van der Waals surface area (Å²) in [6.07, 6.45) is 3.32. The van der Waals surface area contributed by atoms with Gasteiger partial charge >= 0.3 is 0 Å². The first-order chi connectivity index (χ1) is 14.6. The molecule has 2 saturated heterocycles. The van der Waals surface area contributed by atoms with Crippen LogP contribution in [0, 0.1) is 11.8 Å². The molecule has 32 heavy (non-hydrogen) atoms. The highest BCUT2D eigenvalue weighted by molar-refractivity contribution is 6.03. The molecule has 1 aromatic heterocycles. The first-order valence-electron chi connectivity index (χ1n) is 10.3. The quantitative estimate of drug-likeness (QED) is 0.615. The van der Waals surface area contributed by atoms with E-state index >= 15 is 0 Å². The van der Waals surface area contributed by atoms with Gasteiger partial charge in [0.25, 0.3) is 5.91 Å².